The van der Waals surface area contributed by atoms with E-state index < -0.39 is 0 Å². The Kier molecular flexibility index (Phi) is 3.85. The Hall–Kier alpha value is -0.450. The van der Waals surface area contributed by atoms with Gasteiger partial charge in [-0.2, -0.15) is 0 Å². The van der Waals surface area contributed by atoms with E-state index in [-0.39, 0.29) is 0 Å². The maximum absolute atomic E-state index is 4.45. The molecule has 0 aliphatic carbocycles. The fourth-order valence-corrected chi connectivity index (χ4v) is 3.03. The van der Waals surface area contributed by atoms with Crippen LogP contribution in [0, 0.1) is 12.3 Å². The lowest BCUT2D eigenvalue weighted by Gasteiger charge is -2.40. The van der Waals surface area contributed by atoms with Gasteiger partial charge in [-0.15, -0.1) is 11.3 Å². The highest BCUT2D eigenvalue weighted by Gasteiger charge is 2.29. The molecule has 0 saturated carbocycles. The van der Waals surface area contributed by atoms with Crippen molar-refractivity contribution in [2.45, 2.75) is 40.3 Å². The van der Waals surface area contributed by atoms with E-state index in [1.54, 1.807) is 0 Å². The summed E-state index contributed by atoms with van der Waals surface area (Å²) in [7, 11) is 0. The fraction of sp³-hybridized carbons (Fsp3) is 0.769. The van der Waals surface area contributed by atoms with Gasteiger partial charge in [0.25, 0.3) is 0 Å². The lowest BCUT2D eigenvalue weighted by atomic mass is 9.85. The number of thiazole rings is 1. The van der Waals surface area contributed by atoms with Crippen molar-refractivity contribution in [2.24, 2.45) is 5.41 Å². The van der Waals surface area contributed by atoms with Crippen molar-refractivity contribution in [3.8, 4) is 0 Å². The Morgan fingerprint density at radius 1 is 1.53 bits per heavy atom. The van der Waals surface area contributed by atoms with E-state index in [1.807, 2.05) is 17.5 Å². The van der Waals surface area contributed by atoms with Crippen LogP contribution in [0.25, 0.3) is 0 Å². The van der Waals surface area contributed by atoms with Crippen molar-refractivity contribution in [1.82, 2.24) is 15.2 Å². The average molecular weight is 253 g/mol. The van der Waals surface area contributed by atoms with Gasteiger partial charge in [0, 0.05) is 36.8 Å². The minimum absolute atomic E-state index is 0.331. The third-order valence-corrected chi connectivity index (χ3v) is 4.23. The number of rotatable bonds is 2. The van der Waals surface area contributed by atoms with Crippen LogP contribution >= 0.6 is 11.3 Å². The number of nitrogens with zero attached hydrogens (tertiary/aromatic N) is 2. The maximum Gasteiger partial charge on any atom is 0.107 e. The Morgan fingerprint density at radius 2 is 2.29 bits per heavy atom. The zero-order chi connectivity index (χ0) is 12.5. The predicted molar refractivity (Wildman–Crippen MR) is 73.4 cm³/mol. The first kappa shape index (κ1) is 13.0. The quantitative estimate of drug-likeness (QED) is 0.876. The molecule has 2 rings (SSSR count). The van der Waals surface area contributed by atoms with Crippen LogP contribution in [0.1, 0.15) is 30.7 Å². The van der Waals surface area contributed by atoms with Crippen molar-refractivity contribution in [1.29, 1.82) is 0 Å². The second-order valence-electron chi connectivity index (χ2n) is 5.97. The van der Waals surface area contributed by atoms with Crippen molar-refractivity contribution in [2.75, 3.05) is 19.6 Å². The summed E-state index contributed by atoms with van der Waals surface area (Å²) in [5, 5.41) is 4.87. The summed E-state index contributed by atoms with van der Waals surface area (Å²) < 4.78 is 0. The molecular formula is C13H23N3S. The fourth-order valence-electron chi connectivity index (χ4n) is 2.20. The molecule has 0 amide bonds. The van der Waals surface area contributed by atoms with Crippen molar-refractivity contribution < 1.29 is 0 Å². The topological polar surface area (TPSA) is 28.2 Å². The summed E-state index contributed by atoms with van der Waals surface area (Å²) >= 11 is 1.82. The monoisotopic (exact) mass is 253 g/mol. The molecule has 1 aliphatic rings. The van der Waals surface area contributed by atoms with Crippen LogP contribution < -0.4 is 5.32 Å². The van der Waals surface area contributed by atoms with Crippen LogP contribution in [0.4, 0.5) is 0 Å². The van der Waals surface area contributed by atoms with Gasteiger partial charge in [0.1, 0.15) is 5.01 Å². The van der Waals surface area contributed by atoms with Crippen molar-refractivity contribution in [3.05, 3.63) is 16.1 Å². The molecule has 0 spiro atoms. The summed E-state index contributed by atoms with van der Waals surface area (Å²) in [5.41, 5.74) is 0.331. The standard InChI is InChI=1S/C13H23N3S/c1-10-7-15-12(17-10)9-16-6-5-14-11(8-16)13(2,3)4/h7,11,14H,5-6,8-9H2,1-4H3. The normalized spacial score (nSPS) is 22.9. The van der Waals surface area contributed by atoms with E-state index >= 15 is 0 Å². The summed E-state index contributed by atoms with van der Waals surface area (Å²) in [4.78, 5) is 8.28. The molecule has 3 nitrogen and oxygen atoms in total. The third kappa shape index (κ3) is 3.50. The zero-order valence-corrected chi connectivity index (χ0v) is 12.1. The van der Waals surface area contributed by atoms with E-state index in [0.29, 0.717) is 11.5 Å². The number of piperazine rings is 1. The van der Waals surface area contributed by atoms with Crippen LogP contribution in [0.5, 0.6) is 0 Å². The first-order valence-electron chi connectivity index (χ1n) is 6.32. The SMILES string of the molecule is Cc1cnc(CN2CCNC(C(C)(C)C)C2)s1. The van der Waals surface area contributed by atoms with Gasteiger partial charge in [0.15, 0.2) is 0 Å². The molecule has 4 heteroatoms. The van der Waals surface area contributed by atoms with Crippen LogP contribution in [0.3, 0.4) is 0 Å². The first-order valence-corrected chi connectivity index (χ1v) is 7.14. The minimum Gasteiger partial charge on any atom is -0.311 e. The maximum atomic E-state index is 4.45. The van der Waals surface area contributed by atoms with E-state index in [4.69, 9.17) is 0 Å². The lowest BCUT2D eigenvalue weighted by molar-refractivity contribution is 0.129. The molecule has 1 aromatic rings. The third-order valence-electron chi connectivity index (χ3n) is 3.33. The van der Waals surface area contributed by atoms with Gasteiger partial charge in [-0.05, 0) is 12.3 Å². The average Bonchev–Trinajstić information content (AvgIpc) is 2.63. The predicted octanol–water partition coefficient (Wildman–Crippen LogP) is 2.27. The van der Waals surface area contributed by atoms with E-state index in [9.17, 15) is 0 Å². The summed E-state index contributed by atoms with van der Waals surface area (Å²) in [6, 6.07) is 0.581. The van der Waals surface area contributed by atoms with E-state index in [0.717, 1.165) is 26.2 Å². The van der Waals surface area contributed by atoms with Crippen LogP contribution in [-0.2, 0) is 6.54 Å². The molecule has 1 aliphatic heterocycles. The number of aryl methyl sites for hydroxylation is 1. The highest BCUT2D eigenvalue weighted by Crippen LogP contribution is 2.23. The Bertz CT molecular complexity index is 367. The first-order chi connectivity index (χ1) is 7.95. The Balaban J connectivity index is 1.94. The van der Waals surface area contributed by atoms with Crippen LogP contribution in [0.15, 0.2) is 6.20 Å². The summed E-state index contributed by atoms with van der Waals surface area (Å²) in [6.07, 6.45) is 1.98. The molecule has 0 aromatic carbocycles. The summed E-state index contributed by atoms with van der Waals surface area (Å²) in [6.45, 7) is 13.4. The molecule has 17 heavy (non-hydrogen) atoms. The van der Waals surface area contributed by atoms with Crippen LogP contribution in [0.2, 0.25) is 0 Å². The number of aromatic nitrogens is 1. The minimum atomic E-state index is 0.331. The molecule has 1 aromatic heterocycles. The Morgan fingerprint density at radius 3 is 2.88 bits per heavy atom. The molecular weight excluding hydrogens is 230 g/mol. The van der Waals surface area contributed by atoms with Crippen molar-refractivity contribution >= 4 is 11.3 Å². The van der Waals surface area contributed by atoms with Gasteiger partial charge >= 0.3 is 0 Å². The second-order valence-corrected chi connectivity index (χ2v) is 7.29. The van der Waals surface area contributed by atoms with Gasteiger partial charge in [-0.1, -0.05) is 20.8 Å². The highest BCUT2D eigenvalue weighted by molar-refractivity contribution is 7.11. The van der Waals surface area contributed by atoms with Crippen LogP contribution in [-0.4, -0.2) is 35.6 Å². The van der Waals surface area contributed by atoms with Gasteiger partial charge in [-0.25, -0.2) is 4.98 Å². The largest absolute Gasteiger partial charge is 0.311 e. The smallest absolute Gasteiger partial charge is 0.107 e. The number of nitrogens with one attached hydrogen (secondary N) is 1. The van der Waals surface area contributed by atoms with E-state index in [2.05, 4.69) is 42.9 Å². The van der Waals surface area contributed by atoms with Crippen molar-refractivity contribution in [3.63, 3.8) is 0 Å². The van der Waals surface area contributed by atoms with Gasteiger partial charge in [0.05, 0.1) is 6.54 Å². The number of hydrogen-bond acceptors (Lipinski definition) is 4. The molecule has 1 saturated heterocycles. The molecule has 1 atom stereocenters. The van der Waals surface area contributed by atoms with E-state index in [1.165, 1.54) is 9.88 Å². The molecule has 2 heterocycles. The Labute approximate surface area is 108 Å². The van der Waals surface area contributed by atoms with Gasteiger partial charge < -0.3 is 5.32 Å². The number of hydrogen-bond donors (Lipinski definition) is 1. The molecule has 1 N–H and O–H groups in total. The zero-order valence-electron chi connectivity index (χ0n) is 11.3. The molecule has 1 fully saturated rings. The molecule has 1 unspecified atom stereocenters. The molecule has 0 radical (unpaired) electrons. The highest BCUT2D eigenvalue weighted by atomic mass is 32.1. The summed E-state index contributed by atoms with van der Waals surface area (Å²) in [5.74, 6) is 0. The lowest BCUT2D eigenvalue weighted by Crippen LogP contribution is -2.55. The second kappa shape index (κ2) is 5.04. The molecule has 0 bridgehead atoms. The van der Waals surface area contributed by atoms with Gasteiger partial charge in [0.2, 0.25) is 0 Å². The van der Waals surface area contributed by atoms with Gasteiger partial charge in [-0.3, -0.25) is 4.90 Å². The molecule has 96 valence electrons.